The van der Waals surface area contributed by atoms with Gasteiger partial charge in [-0.1, -0.05) is 11.8 Å². The Hall–Kier alpha value is -1.27. The van der Waals surface area contributed by atoms with Crippen molar-refractivity contribution in [3.05, 3.63) is 18.3 Å². The highest BCUT2D eigenvalue weighted by Gasteiger charge is 2.21. The molecular weight excluding hydrogens is 250 g/mol. The molecule has 0 saturated carbocycles. The van der Waals surface area contributed by atoms with Gasteiger partial charge in [-0.25, -0.2) is 4.98 Å². The molecule has 1 aromatic rings. The smallest absolute Gasteiger partial charge is 0.233 e. The second-order valence-electron chi connectivity index (χ2n) is 4.24. The highest BCUT2D eigenvalue weighted by atomic mass is 32.2. The maximum atomic E-state index is 12.0. The fraction of sp³-hybridized carbons (Fsp3) is 0.500. The average molecular weight is 267 g/mol. The zero-order chi connectivity index (χ0) is 13.0. The zero-order valence-electron chi connectivity index (χ0n) is 10.3. The zero-order valence-corrected chi connectivity index (χ0v) is 11.2. The summed E-state index contributed by atoms with van der Waals surface area (Å²) in [7, 11) is 0. The average Bonchev–Trinajstić information content (AvgIpc) is 2.38. The maximum Gasteiger partial charge on any atom is 0.233 e. The third-order valence-corrected chi connectivity index (χ3v) is 3.63. The van der Waals surface area contributed by atoms with E-state index in [0.717, 1.165) is 5.03 Å². The van der Waals surface area contributed by atoms with Gasteiger partial charge in [0.15, 0.2) is 0 Å². The number of anilines is 1. The fourth-order valence-electron chi connectivity index (χ4n) is 1.75. The van der Waals surface area contributed by atoms with E-state index in [0.29, 0.717) is 31.1 Å². The third-order valence-electron chi connectivity index (χ3n) is 2.70. The summed E-state index contributed by atoms with van der Waals surface area (Å²) in [5.74, 6) is 0.540. The first-order valence-corrected chi connectivity index (χ1v) is 6.87. The molecule has 6 heteroatoms. The standard InChI is InChI=1S/C12H17N3O2S/c1-9-7-15(4-5-17-9)12(16)8-18-11-3-2-10(13)6-14-11/h2-3,6,9H,4-5,7-8,13H2,1H3. The molecule has 2 rings (SSSR count). The molecule has 2 N–H and O–H groups in total. The number of nitrogens with two attached hydrogens (primary N) is 1. The van der Waals surface area contributed by atoms with Crippen molar-refractivity contribution in [3.63, 3.8) is 0 Å². The van der Waals surface area contributed by atoms with Crippen LogP contribution >= 0.6 is 11.8 Å². The number of morpholine rings is 1. The molecule has 1 aliphatic rings. The Labute approximate surface area is 111 Å². The summed E-state index contributed by atoms with van der Waals surface area (Å²) in [6.07, 6.45) is 1.73. The van der Waals surface area contributed by atoms with Crippen molar-refractivity contribution in [2.45, 2.75) is 18.1 Å². The number of ether oxygens (including phenoxy) is 1. The number of hydrogen-bond acceptors (Lipinski definition) is 5. The van der Waals surface area contributed by atoms with Gasteiger partial charge in [-0.3, -0.25) is 4.79 Å². The van der Waals surface area contributed by atoms with Crippen LogP contribution in [0.4, 0.5) is 5.69 Å². The van der Waals surface area contributed by atoms with Crippen molar-refractivity contribution in [3.8, 4) is 0 Å². The highest BCUT2D eigenvalue weighted by molar-refractivity contribution is 7.99. The van der Waals surface area contributed by atoms with Gasteiger partial charge in [0.25, 0.3) is 0 Å². The monoisotopic (exact) mass is 267 g/mol. The first-order valence-electron chi connectivity index (χ1n) is 5.89. The van der Waals surface area contributed by atoms with Crippen LogP contribution in [0.25, 0.3) is 0 Å². The first kappa shape index (κ1) is 13.2. The normalized spacial score (nSPS) is 19.8. The van der Waals surface area contributed by atoms with Crippen LogP contribution in [0.2, 0.25) is 0 Å². The summed E-state index contributed by atoms with van der Waals surface area (Å²) < 4.78 is 5.41. The van der Waals surface area contributed by atoms with Gasteiger partial charge in [-0.05, 0) is 19.1 Å². The molecule has 0 radical (unpaired) electrons. The molecule has 1 atom stereocenters. The number of carbonyl (C=O) groups excluding carboxylic acids is 1. The number of hydrogen-bond donors (Lipinski definition) is 1. The molecule has 1 aromatic heterocycles. The van der Waals surface area contributed by atoms with Crippen molar-refractivity contribution < 1.29 is 9.53 Å². The Morgan fingerprint density at radius 1 is 1.67 bits per heavy atom. The van der Waals surface area contributed by atoms with E-state index in [1.165, 1.54) is 11.8 Å². The Kier molecular flexibility index (Phi) is 4.43. The molecule has 1 amide bonds. The summed E-state index contributed by atoms with van der Waals surface area (Å²) in [6.45, 7) is 3.96. The van der Waals surface area contributed by atoms with E-state index >= 15 is 0 Å². The van der Waals surface area contributed by atoms with Crippen molar-refractivity contribution in [2.75, 3.05) is 31.2 Å². The van der Waals surface area contributed by atoms with Crippen LogP contribution in [-0.4, -0.2) is 47.3 Å². The first-order chi connectivity index (χ1) is 8.65. The van der Waals surface area contributed by atoms with Gasteiger partial charge < -0.3 is 15.4 Å². The number of nitrogen functional groups attached to an aromatic ring is 1. The molecule has 5 nitrogen and oxygen atoms in total. The molecule has 2 heterocycles. The molecule has 0 bridgehead atoms. The lowest BCUT2D eigenvalue weighted by atomic mass is 10.3. The molecule has 0 aliphatic carbocycles. The number of aromatic nitrogens is 1. The predicted molar refractivity (Wildman–Crippen MR) is 71.4 cm³/mol. The number of carbonyl (C=O) groups is 1. The predicted octanol–water partition coefficient (Wildman–Crippen LogP) is 1.00. The molecule has 0 aromatic carbocycles. The van der Waals surface area contributed by atoms with Crippen LogP contribution < -0.4 is 5.73 Å². The topological polar surface area (TPSA) is 68.5 Å². The van der Waals surface area contributed by atoms with Crippen molar-refractivity contribution in [2.24, 2.45) is 0 Å². The van der Waals surface area contributed by atoms with Crippen molar-refractivity contribution >= 4 is 23.4 Å². The van der Waals surface area contributed by atoms with Gasteiger partial charge in [-0.15, -0.1) is 0 Å². The summed E-state index contributed by atoms with van der Waals surface area (Å²) >= 11 is 1.43. The van der Waals surface area contributed by atoms with Crippen molar-refractivity contribution in [1.82, 2.24) is 9.88 Å². The lowest BCUT2D eigenvalue weighted by Gasteiger charge is -2.31. The SMILES string of the molecule is CC1CN(C(=O)CSc2ccc(N)cn2)CCO1. The summed E-state index contributed by atoms with van der Waals surface area (Å²) in [5.41, 5.74) is 6.19. The molecule has 1 fully saturated rings. The van der Waals surface area contributed by atoms with Crippen LogP contribution in [0.1, 0.15) is 6.92 Å². The van der Waals surface area contributed by atoms with Gasteiger partial charge in [0, 0.05) is 13.1 Å². The summed E-state index contributed by atoms with van der Waals surface area (Å²) in [6, 6.07) is 3.62. The number of rotatable bonds is 3. The number of nitrogens with zero attached hydrogens (tertiary/aromatic N) is 2. The van der Waals surface area contributed by atoms with E-state index in [1.54, 1.807) is 12.3 Å². The number of pyridine rings is 1. The Balaban J connectivity index is 1.82. The van der Waals surface area contributed by atoms with Crippen LogP contribution in [-0.2, 0) is 9.53 Å². The second kappa shape index (κ2) is 6.06. The molecule has 1 unspecified atom stereocenters. The molecule has 1 aliphatic heterocycles. The van der Waals surface area contributed by atoms with E-state index in [4.69, 9.17) is 10.5 Å². The fourth-order valence-corrected chi connectivity index (χ4v) is 2.49. The maximum absolute atomic E-state index is 12.0. The third kappa shape index (κ3) is 3.61. The van der Waals surface area contributed by atoms with Gasteiger partial charge in [-0.2, -0.15) is 0 Å². The van der Waals surface area contributed by atoms with Crippen LogP contribution in [0.3, 0.4) is 0 Å². The lowest BCUT2D eigenvalue weighted by Crippen LogP contribution is -2.45. The van der Waals surface area contributed by atoms with E-state index in [-0.39, 0.29) is 12.0 Å². The lowest BCUT2D eigenvalue weighted by molar-refractivity contribution is -0.135. The largest absolute Gasteiger partial charge is 0.397 e. The molecule has 1 saturated heterocycles. The number of thioether (sulfide) groups is 1. The molecule has 0 spiro atoms. The Bertz CT molecular complexity index is 410. The van der Waals surface area contributed by atoms with E-state index in [9.17, 15) is 4.79 Å². The minimum atomic E-state index is 0.127. The Morgan fingerprint density at radius 3 is 3.17 bits per heavy atom. The number of amides is 1. The van der Waals surface area contributed by atoms with E-state index in [2.05, 4.69) is 4.98 Å². The molecular formula is C12H17N3O2S. The summed E-state index contributed by atoms with van der Waals surface area (Å²) in [5, 5.41) is 0.818. The van der Waals surface area contributed by atoms with Gasteiger partial charge in [0.2, 0.25) is 5.91 Å². The van der Waals surface area contributed by atoms with Crippen LogP contribution in [0.5, 0.6) is 0 Å². The van der Waals surface area contributed by atoms with E-state index < -0.39 is 0 Å². The Morgan fingerprint density at radius 2 is 2.50 bits per heavy atom. The molecule has 18 heavy (non-hydrogen) atoms. The summed E-state index contributed by atoms with van der Waals surface area (Å²) in [4.78, 5) is 18.0. The van der Waals surface area contributed by atoms with Gasteiger partial charge >= 0.3 is 0 Å². The van der Waals surface area contributed by atoms with Crippen molar-refractivity contribution in [1.29, 1.82) is 0 Å². The minimum absolute atomic E-state index is 0.127. The molecule has 98 valence electrons. The van der Waals surface area contributed by atoms with Crippen LogP contribution in [0, 0.1) is 0 Å². The van der Waals surface area contributed by atoms with Gasteiger partial charge in [0.1, 0.15) is 0 Å². The second-order valence-corrected chi connectivity index (χ2v) is 5.24. The minimum Gasteiger partial charge on any atom is -0.397 e. The highest BCUT2D eigenvalue weighted by Crippen LogP contribution is 2.17. The quantitative estimate of drug-likeness (QED) is 0.828. The van der Waals surface area contributed by atoms with Gasteiger partial charge in [0.05, 0.1) is 35.4 Å². The van der Waals surface area contributed by atoms with E-state index in [1.807, 2.05) is 17.9 Å². The van der Waals surface area contributed by atoms with Crippen LogP contribution in [0.15, 0.2) is 23.4 Å².